The molecule has 0 aromatic carbocycles. The highest BCUT2D eigenvalue weighted by atomic mass is 32.2. The molecule has 0 aliphatic carbocycles. The summed E-state index contributed by atoms with van der Waals surface area (Å²) in [7, 11) is -3.22. The van der Waals surface area contributed by atoms with Crippen molar-refractivity contribution in [3.05, 3.63) is 31.1 Å². The molecule has 0 saturated carbocycles. The first-order valence-corrected chi connectivity index (χ1v) is 9.71. The Bertz CT molecular complexity index is 856. The van der Waals surface area contributed by atoms with Crippen molar-refractivity contribution in [2.24, 2.45) is 0 Å². The number of fused-ring (bicyclic) bond motifs is 1. The predicted molar refractivity (Wildman–Crippen MR) is 87.3 cm³/mol. The van der Waals surface area contributed by atoms with Gasteiger partial charge >= 0.3 is 0 Å². The molecule has 2 fully saturated rings. The van der Waals surface area contributed by atoms with Crippen molar-refractivity contribution < 1.29 is 13.2 Å². The minimum absolute atomic E-state index is 0.00300. The third-order valence-electron chi connectivity index (χ3n) is 4.57. The zero-order valence-electron chi connectivity index (χ0n) is 13.3. The molecular weight excluding hydrogens is 346 g/mol. The van der Waals surface area contributed by atoms with E-state index in [2.05, 4.69) is 20.1 Å². The summed E-state index contributed by atoms with van der Waals surface area (Å²) in [6.07, 6.45) is 6.09. The van der Waals surface area contributed by atoms with Crippen LogP contribution in [0.15, 0.2) is 31.1 Å². The molecule has 4 rings (SSSR count). The molecule has 2 atom stereocenters. The molecule has 0 N–H and O–H groups in total. The van der Waals surface area contributed by atoms with Crippen LogP contribution in [-0.4, -0.2) is 80.6 Å². The smallest absolute Gasteiger partial charge is 0.244 e. The van der Waals surface area contributed by atoms with Gasteiger partial charge in [-0.3, -0.25) is 4.79 Å². The van der Waals surface area contributed by atoms with Crippen molar-refractivity contribution in [1.82, 2.24) is 29.6 Å². The number of hydrogen-bond donors (Lipinski definition) is 0. The first-order chi connectivity index (χ1) is 12.0. The van der Waals surface area contributed by atoms with Crippen molar-refractivity contribution in [3.8, 4) is 0 Å². The van der Waals surface area contributed by atoms with Crippen molar-refractivity contribution in [3.63, 3.8) is 0 Å². The Morgan fingerprint density at radius 3 is 2.64 bits per heavy atom. The molecular formula is C14H17N7O3S. The number of carbonyl (C=O) groups excluding carboxylic acids is 1. The summed E-state index contributed by atoms with van der Waals surface area (Å²) in [5, 5.41) is 3.94. The van der Waals surface area contributed by atoms with Crippen LogP contribution in [0.3, 0.4) is 0 Å². The number of rotatable bonds is 3. The van der Waals surface area contributed by atoms with Gasteiger partial charge in [0.15, 0.2) is 9.84 Å². The lowest BCUT2D eigenvalue weighted by atomic mass is 10.0. The average molecular weight is 363 g/mol. The van der Waals surface area contributed by atoms with Crippen LogP contribution in [-0.2, 0) is 21.2 Å². The summed E-state index contributed by atoms with van der Waals surface area (Å²) >= 11 is 0. The number of sulfone groups is 1. The van der Waals surface area contributed by atoms with Gasteiger partial charge in [-0.25, -0.2) is 28.1 Å². The lowest BCUT2D eigenvalue weighted by molar-refractivity contribution is -0.134. The Hall–Kier alpha value is -2.56. The zero-order valence-corrected chi connectivity index (χ0v) is 14.2. The van der Waals surface area contributed by atoms with Gasteiger partial charge in [-0.05, 0) is 6.07 Å². The third kappa shape index (κ3) is 3.06. The minimum atomic E-state index is -3.22. The second-order valence-corrected chi connectivity index (χ2v) is 8.29. The van der Waals surface area contributed by atoms with E-state index >= 15 is 0 Å². The van der Waals surface area contributed by atoms with Gasteiger partial charge in [0.1, 0.15) is 19.2 Å². The predicted octanol–water partition coefficient (Wildman–Crippen LogP) is -1.42. The Balaban J connectivity index is 1.59. The number of carbonyl (C=O) groups is 1. The molecule has 0 spiro atoms. The van der Waals surface area contributed by atoms with Crippen molar-refractivity contribution in [2.75, 3.05) is 29.5 Å². The molecule has 10 nitrogen and oxygen atoms in total. The fourth-order valence-corrected chi connectivity index (χ4v) is 5.48. The summed E-state index contributed by atoms with van der Waals surface area (Å²) in [6.45, 7) is 0.956. The first-order valence-electron chi connectivity index (χ1n) is 7.89. The second-order valence-electron chi connectivity index (χ2n) is 6.13. The van der Waals surface area contributed by atoms with Gasteiger partial charge in [0.05, 0.1) is 23.6 Å². The zero-order chi connectivity index (χ0) is 17.4. The van der Waals surface area contributed by atoms with Crippen LogP contribution in [0.25, 0.3) is 0 Å². The second kappa shape index (κ2) is 6.06. The van der Waals surface area contributed by atoms with Crippen LogP contribution >= 0.6 is 0 Å². The summed E-state index contributed by atoms with van der Waals surface area (Å²) in [5.41, 5.74) is 0. The normalized spacial score (nSPS) is 25.0. The Kier molecular flexibility index (Phi) is 3.86. The molecule has 0 bridgehead atoms. The van der Waals surface area contributed by atoms with E-state index in [1.54, 1.807) is 23.4 Å². The van der Waals surface area contributed by atoms with Crippen LogP contribution in [0, 0.1) is 0 Å². The number of piperazine rings is 1. The van der Waals surface area contributed by atoms with E-state index in [1.807, 2.05) is 4.90 Å². The Labute approximate surface area is 144 Å². The molecule has 2 saturated heterocycles. The molecule has 2 aromatic heterocycles. The quantitative estimate of drug-likeness (QED) is 0.653. The summed E-state index contributed by atoms with van der Waals surface area (Å²) < 4.78 is 25.9. The largest absolute Gasteiger partial charge is 0.333 e. The molecule has 0 unspecified atom stereocenters. The molecule has 0 radical (unpaired) electrons. The Morgan fingerprint density at radius 2 is 1.92 bits per heavy atom. The van der Waals surface area contributed by atoms with Crippen molar-refractivity contribution in [1.29, 1.82) is 0 Å². The van der Waals surface area contributed by atoms with E-state index in [4.69, 9.17) is 0 Å². The van der Waals surface area contributed by atoms with Gasteiger partial charge in [0.2, 0.25) is 11.9 Å². The molecule has 11 heteroatoms. The highest BCUT2D eigenvalue weighted by Crippen LogP contribution is 2.29. The number of aromatic nitrogens is 5. The number of nitrogens with zero attached hydrogens (tertiary/aromatic N) is 7. The monoisotopic (exact) mass is 363 g/mol. The lowest BCUT2D eigenvalue weighted by Gasteiger charge is -2.43. The van der Waals surface area contributed by atoms with Crippen molar-refractivity contribution >= 4 is 21.7 Å². The van der Waals surface area contributed by atoms with E-state index < -0.39 is 15.9 Å². The van der Waals surface area contributed by atoms with E-state index in [1.165, 1.54) is 17.3 Å². The van der Waals surface area contributed by atoms with Crippen LogP contribution in [0.5, 0.6) is 0 Å². The standard InChI is InChI=1S/C14H17N7O3S/c22-13(6-19-10-15-9-18-19)20-4-5-21(14-16-2-1-3-17-14)12-8-25(23,24)7-11(12)20/h1-3,9-12H,4-8H2/t11-,12+/m0/s1. The first kappa shape index (κ1) is 15.9. The average Bonchev–Trinajstić information content (AvgIpc) is 3.20. The summed E-state index contributed by atoms with van der Waals surface area (Å²) in [5.74, 6) is 0.303. The maximum atomic E-state index is 12.7. The van der Waals surface area contributed by atoms with Crippen molar-refractivity contribution in [2.45, 2.75) is 18.6 Å². The molecule has 4 heterocycles. The molecule has 1 amide bonds. The van der Waals surface area contributed by atoms with Gasteiger partial charge in [-0.15, -0.1) is 0 Å². The number of hydrogen-bond acceptors (Lipinski definition) is 8. The highest BCUT2D eigenvalue weighted by molar-refractivity contribution is 7.91. The van der Waals surface area contributed by atoms with Gasteiger partial charge < -0.3 is 9.80 Å². The van der Waals surface area contributed by atoms with E-state index in [0.717, 1.165) is 0 Å². The fourth-order valence-electron chi connectivity index (χ4n) is 3.49. The van der Waals surface area contributed by atoms with E-state index in [0.29, 0.717) is 19.0 Å². The van der Waals surface area contributed by atoms with Crippen LogP contribution in [0.2, 0.25) is 0 Å². The van der Waals surface area contributed by atoms with Crippen LogP contribution in [0.1, 0.15) is 0 Å². The summed E-state index contributed by atoms with van der Waals surface area (Å²) in [4.78, 5) is 28.5. The fraction of sp³-hybridized carbons (Fsp3) is 0.500. The third-order valence-corrected chi connectivity index (χ3v) is 6.27. The molecule has 2 aliphatic rings. The van der Waals surface area contributed by atoms with Gasteiger partial charge in [0, 0.05) is 25.5 Å². The minimum Gasteiger partial charge on any atom is -0.333 e. The Morgan fingerprint density at radius 1 is 1.16 bits per heavy atom. The maximum Gasteiger partial charge on any atom is 0.244 e. The van der Waals surface area contributed by atoms with Gasteiger partial charge in [0.25, 0.3) is 0 Å². The molecule has 2 aliphatic heterocycles. The van der Waals surface area contributed by atoms with Crippen LogP contribution < -0.4 is 4.90 Å². The lowest BCUT2D eigenvalue weighted by Crippen LogP contribution is -2.61. The summed E-state index contributed by atoms with van der Waals surface area (Å²) in [6, 6.07) is 0.976. The topological polar surface area (TPSA) is 114 Å². The van der Waals surface area contributed by atoms with E-state index in [-0.39, 0.29) is 30.0 Å². The van der Waals surface area contributed by atoms with Crippen LogP contribution in [0.4, 0.5) is 5.95 Å². The molecule has 25 heavy (non-hydrogen) atoms. The number of anilines is 1. The maximum absolute atomic E-state index is 12.7. The highest BCUT2D eigenvalue weighted by Gasteiger charge is 2.48. The number of amides is 1. The SMILES string of the molecule is O=C(Cn1cncn1)N1CCN(c2ncccn2)[C@@H]2CS(=O)(=O)C[C@@H]21. The molecule has 132 valence electrons. The molecule has 2 aromatic rings. The van der Waals surface area contributed by atoms with Gasteiger partial charge in [-0.2, -0.15) is 5.10 Å². The van der Waals surface area contributed by atoms with E-state index in [9.17, 15) is 13.2 Å². The van der Waals surface area contributed by atoms with Gasteiger partial charge in [-0.1, -0.05) is 0 Å².